The van der Waals surface area contributed by atoms with Gasteiger partial charge >= 0.3 is 0 Å². The van der Waals surface area contributed by atoms with E-state index < -0.39 is 0 Å². The van der Waals surface area contributed by atoms with E-state index in [9.17, 15) is 0 Å². The number of fused-ring (bicyclic) bond motifs is 1. The molecule has 0 spiro atoms. The van der Waals surface area contributed by atoms with E-state index in [-0.39, 0.29) is 0 Å². The molecule has 0 unspecified atom stereocenters. The van der Waals surface area contributed by atoms with Gasteiger partial charge in [-0.3, -0.25) is 0 Å². The van der Waals surface area contributed by atoms with Crippen molar-refractivity contribution in [2.75, 3.05) is 7.11 Å². The maximum absolute atomic E-state index is 5.39. The van der Waals surface area contributed by atoms with Crippen LogP contribution in [0.4, 0.5) is 11.4 Å². The number of hydrogen-bond donors (Lipinski definition) is 0. The Morgan fingerprint density at radius 2 is 1.41 bits per heavy atom. The van der Waals surface area contributed by atoms with E-state index in [2.05, 4.69) is 16.3 Å². The molecule has 0 aliphatic rings. The van der Waals surface area contributed by atoms with E-state index in [1.165, 1.54) is 0 Å². The molecule has 0 radical (unpaired) electrons. The first-order chi connectivity index (χ1) is 10.9. The minimum Gasteiger partial charge on any atom is -0.494 e. The highest BCUT2D eigenvalue weighted by Gasteiger charge is 2.07. The van der Waals surface area contributed by atoms with Crippen LogP contribution in [0.2, 0.25) is 0 Å². The minimum absolute atomic E-state index is 0.725. The second-order valence-electron chi connectivity index (χ2n) is 4.37. The maximum atomic E-state index is 5.39. The second kappa shape index (κ2) is 7.93. The summed E-state index contributed by atoms with van der Waals surface area (Å²) in [4.78, 5) is 0. The van der Waals surface area contributed by atoms with Crippen molar-refractivity contribution in [2.45, 2.75) is 13.8 Å². The Balaban J connectivity index is 0.000000847. The topological polar surface area (TPSA) is 34.0 Å². The van der Waals surface area contributed by atoms with Crippen LogP contribution in [-0.2, 0) is 0 Å². The largest absolute Gasteiger partial charge is 0.494 e. The summed E-state index contributed by atoms with van der Waals surface area (Å²) in [5.74, 6) is 0.725. The molecule has 0 bridgehead atoms. The molecule has 0 saturated carbocycles. The van der Waals surface area contributed by atoms with Gasteiger partial charge in [-0.15, -0.1) is 5.11 Å². The van der Waals surface area contributed by atoms with E-state index in [0.29, 0.717) is 0 Å². The van der Waals surface area contributed by atoms with Crippen LogP contribution < -0.4 is 4.74 Å². The van der Waals surface area contributed by atoms with Gasteiger partial charge in [0.2, 0.25) is 0 Å². The van der Waals surface area contributed by atoms with E-state index in [1.54, 1.807) is 7.11 Å². The molecule has 3 rings (SSSR count). The number of nitrogens with zero attached hydrogens (tertiary/aromatic N) is 2. The first kappa shape index (κ1) is 15.7. The van der Waals surface area contributed by atoms with Crippen LogP contribution in [0.3, 0.4) is 0 Å². The Bertz CT molecular complexity index is 752. The van der Waals surface area contributed by atoms with Gasteiger partial charge < -0.3 is 4.74 Å². The van der Waals surface area contributed by atoms with Crippen molar-refractivity contribution in [3.8, 4) is 5.75 Å². The third kappa shape index (κ3) is 3.50. The summed E-state index contributed by atoms with van der Waals surface area (Å²) in [6, 6.07) is 21.7. The average Bonchev–Trinajstić information content (AvgIpc) is 2.62. The standard InChI is InChI=1S/C17H14N2O.C2H6/c1-20-16-12-11-13-7-5-6-10-15(13)17(16)19-18-14-8-3-2-4-9-14;1-2/h2-12H,1H3;1-2H3. The molecule has 0 saturated heterocycles. The van der Waals surface area contributed by atoms with Gasteiger partial charge in [-0.2, -0.15) is 5.11 Å². The number of methoxy groups -OCH3 is 1. The maximum Gasteiger partial charge on any atom is 0.147 e. The summed E-state index contributed by atoms with van der Waals surface area (Å²) in [7, 11) is 1.64. The molecular weight excluding hydrogens is 272 g/mol. The lowest BCUT2D eigenvalue weighted by Gasteiger charge is -2.07. The quantitative estimate of drug-likeness (QED) is 0.522. The van der Waals surface area contributed by atoms with Crippen molar-refractivity contribution >= 4 is 22.1 Å². The van der Waals surface area contributed by atoms with Gasteiger partial charge in [0.1, 0.15) is 11.4 Å². The van der Waals surface area contributed by atoms with Gasteiger partial charge in [0.15, 0.2) is 0 Å². The fraction of sp³-hybridized carbons (Fsp3) is 0.158. The lowest BCUT2D eigenvalue weighted by atomic mass is 10.1. The van der Waals surface area contributed by atoms with Gasteiger partial charge in [0.25, 0.3) is 0 Å². The fourth-order valence-electron chi connectivity index (χ4n) is 2.11. The van der Waals surface area contributed by atoms with E-state index in [0.717, 1.165) is 27.9 Å². The third-order valence-electron chi connectivity index (χ3n) is 3.11. The highest BCUT2D eigenvalue weighted by Crippen LogP contribution is 2.36. The first-order valence-corrected chi connectivity index (χ1v) is 7.41. The number of ether oxygens (including phenoxy) is 1. The molecule has 0 N–H and O–H groups in total. The molecule has 0 aromatic heterocycles. The highest BCUT2D eigenvalue weighted by atomic mass is 16.5. The molecule has 0 aliphatic heterocycles. The predicted octanol–water partition coefficient (Wildman–Crippen LogP) is 6.29. The Morgan fingerprint density at radius 3 is 2.14 bits per heavy atom. The molecule has 0 heterocycles. The summed E-state index contributed by atoms with van der Waals surface area (Å²) < 4.78 is 5.39. The Kier molecular flexibility index (Phi) is 5.66. The number of benzene rings is 3. The third-order valence-corrected chi connectivity index (χ3v) is 3.11. The normalized spacial score (nSPS) is 10.3. The second-order valence-corrected chi connectivity index (χ2v) is 4.37. The SMILES string of the molecule is CC.COc1ccc2ccccc2c1N=Nc1ccccc1. The molecule has 112 valence electrons. The minimum atomic E-state index is 0.725. The zero-order valence-electron chi connectivity index (χ0n) is 13.2. The number of hydrogen-bond acceptors (Lipinski definition) is 3. The van der Waals surface area contributed by atoms with Crippen molar-refractivity contribution in [2.24, 2.45) is 10.2 Å². The van der Waals surface area contributed by atoms with Crippen LogP contribution >= 0.6 is 0 Å². The van der Waals surface area contributed by atoms with Crippen LogP contribution in [0.25, 0.3) is 10.8 Å². The van der Waals surface area contributed by atoms with Crippen LogP contribution in [0, 0.1) is 0 Å². The van der Waals surface area contributed by atoms with Crippen LogP contribution in [0.5, 0.6) is 5.75 Å². The molecule has 3 aromatic rings. The van der Waals surface area contributed by atoms with Gasteiger partial charge in [-0.05, 0) is 23.6 Å². The zero-order chi connectivity index (χ0) is 15.8. The van der Waals surface area contributed by atoms with Crippen LogP contribution in [0.1, 0.15) is 13.8 Å². The van der Waals surface area contributed by atoms with Crippen molar-refractivity contribution in [1.29, 1.82) is 0 Å². The van der Waals surface area contributed by atoms with Crippen molar-refractivity contribution in [1.82, 2.24) is 0 Å². The average molecular weight is 292 g/mol. The number of azo groups is 1. The van der Waals surface area contributed by atoms with Gasteiger partial charge in [0.05, 0.1) is 12.8 Å². The lowest BCUT2D eigenvalue weighted by Crippen LogP contribution is -1.84. The summed E-state index contributed by atoms with van der Waals surface area (Å²) in [6.07, 6.45) is 0. The van der Waals surface area contributed by atoms with E-state index >= 15 is 0 Å². The molecule has 0 aliphatic carbocycles. The molecular formula is C19H20N2O. The van der Waals surface area contributed by atoms with Crippen molar-refractivity contribution in [3.05, 3.63) is 66.7 Å². The van der Waals surface area contributed by atoms with Crippen LogP contribution in [0.15, 0.2) is 77.0 Å². The zero-order valence-corrected chi connectivity index (χ0v) is 13.2. The molecule has 0 fully saturated rings. The molecule has 0 atom stereocenters. The Morgan fingerprint density at radius 1 is 0.727 bits per heavy atom. The summed E-state index contributed by atoms with van der Waals surface area (Å²) >= 11 is 0. The Hall–Kier alpha value is -2.68. The summed E-state index contributed by atoms with van der Waals surface area (Å²) in [5.41, 5.74) is 1.58. The predicted molar refractivity (Wildman–Crippen MR) is 92.5 cm³/mol. The van der Waals surface area contributed by atoms with Crippen molar-refractivity contribution < 1.29 is 4.74 Å². The summed E-state index contributed by atoms with van der Waals surface area (Å²) in [6.45, 7) is 4.00. The number of rotatable bonds is 3. The lowest BCUT2D eigenvalue weighted by molar-refractivity contribution is 0.416. The van der Waals surface area contributed by atoms with E-state index in [1.807, 2.05) is 74.5 Å². The highest BCUT2D eigenvalue weighted by molar-refractivity contribution is 5.95. The molecule has 3 nitrogen and oxygen atoms in total. The van der Waals surface area contributed by atoms with E-state index in [4.69, 9.17) is 4.74 Å². The molecule has 3 heteroatoms. The first-order valence-electron chi connectivity index (χ1n) is 7.41. The smallest absolute Gasteiger partial charge is 0.147 e. The van der Waals surface area contributed by atoms with Crippen LogP contribution in [-0.4, -0.2) is 7.11 Å². The molecule has 3 aromatic carbocycles. The monoisotopic (exact) mass is 292 g/mol. The Labute approximate surface area is 131 Å². The molecule has 22 heavy (non-hydrogen) atoms. The molecule has 0 amide bonds. The van der Waals surface area contributed by atoms with Gasteiger partial charge in [-0.1, -0.05) is 62.4 Å². The fourth-order valence-corrected chi connectivity index (χ4v) is 2.11. The van der Waals surface area contributed by atoms with Gasteiger partial charge in [-0.25, -0.2) is 0 Å². The van der Waals surface area contributed by atoms with Crippen molar-refractivity contribution in [3.63, 3.8) is 0 Å². The summed E-state index contributed by atoms with van der Waals surface area (Å²) in [5, 5.41) is 10.8. The van der Waals surface area contributed by atoms with Gasteiger partial charge in [0, 0.05) is 5.39 Å².